The molecule has 230 valence electrons. The van der Waals surface area contributed by atoms with Gasteiger partial charge in [0.2, 0.25) is 0 Å². The van der Waals surface area contributed by atoms with Crippen molar-refractivity contribution in [3.8, 4) is 0 Å². The summed E-state index contributed by atoms with van der Waals surface area (Å²) in [6, 6.07) is 0. The van der Waals surface area contributed by atoms with Crippen molar-refractivity contribution in [2.45, 2.75) is 161 Å². The van der Waals surface area contributed by atoms with Gasteiger partial charge in [0.1, 0.15) is 0 Å². The highest BCUT2D eigenvalue weighted by molar-refractivity contribution is 5.66. The summed E-state index contributed by atoms with van der Waals surface area (Å²) in [6.07, 6.45) is 25.4. The molecule has 0 heterocycles. The highest BCUT2D eigenvalue weighted by atomic mass is 16.4. The molecule has 0 rings (SSSR count). The molecule has 2 N–H and O–H groups in total. The second-order valence-corrected chi connectivity index (χ2v) is 11.7. The molecule has 0 radical (unpaired) electrons. The first-order valence-electron chi connectivity index (χ1n) is 16.3. The quantitative estimate of drug-likeness (QED) is 0.0696. The van der Waals surface area contributed by atoms with Crippen molar-refractivity contribution in [1.82, 2.24) is 0 Å². The maximum absolute atomic E-state index is 11.1. The van der Waals surface area contributed by atoms with Gasteiger partial charge in [-0.25, -0.2) is 0 Å². The number of carbonyl (C=O) groups is 3. The summed E-state index contributed by atoms with van der Waals surface area (Å²) in [6.45, 7) is 5.05. The molecule has 7 heteroatoms. The van der Waals surface area contributed by atoms with Crippen LogP contribution < -0.4 is 5.11 Å². The molecule has 0 unspecified atom stereocenters. The molecular formula is C32H61NO6. The van der Waals surface area contributed by atoms with Gasteiger partial charge in [-0.1, -0.05) is 110 Å². The van der Waals surface area contributed by atoms with Crippen molar-refractivity contribution in [2.75, 3.05) is 26.2 Å². The van der Waals surface area contributed by atoms with Crippen LogP contribution in [0, 0.1) is 0 Å². The minimum absolute atomic E-state index is 0.0169. The second-order valence-electron chi connectivity index (χ2n) is 11.7. The molecule has 0 aromatic carbocycles. The molecule has 0 saturated carbocycles. The fourth-order valence-corrected chi connectivity index (χ4v) is 5.71. The van der Waals surface area contributed by atoms with E-state index in [1.165, 1.54) is 103 Å². The van der Waals surface area contributed by atoms with E-state index < -0.39 is 17.9 Å². The molecule has 39 heavy (non-hydrogen) atoms. The smallest absolute Gasteiger partial charge is 0.303 e. The summed E-state index contributed by atoms with van der Waals surface area (Å²) in [4.78, 5) is 33.1. The Bertz CT molecular complexity index is 559. The van der Waals surface area contributed by atoms with E-state index >= 15 is 0 Å². The number of hydrogen-bond acceptors (Lipinski definition) is 4. The standard InChI is InChI=1S/C32H61NO6/c1-2-3-4-5-6-7-8-9-10-11-12-13-14-15-16-17-18-19-26-33(27-20-23-30(34)35,28-21-24-31(36)37)29-22-25-32(38)39/h2-29H2,1H3,(H2-,34,35,36,37,38,39). The van der Waals surface area contributed by atoms with Crippen LogP contribution in [0.15, 0.2) is 0 Å². The van der Waals surface area contributed by atoms with Crippen LogP contribution >= 0.6 is 0 Å². The number of quaternary nitrogens is 1. The Hall–Kier alpha value is -1.63. The zero-order chi connectivity index (χ0) is 29.0. The summed E-state index contributed by atoms with van der Waals surface area (Å²) in [5, 5.41) is 29.1. The average molecular weight is 556 g/mol. The Labute approximate surface area is 239 Å². The van der Waals surface area contributed by atoms with Gasteiger partial charge >= 0.3 is 11.9 Å². The Morgan fingerprint density at radius 2 is 0.744 bits per heavy atom. The van der Waals surface area contributed by atoms with Gasteiger partial charge in [0.25, 0.3) is 0 Å². The van der Waals surface area contributed by atoms with Crippen LogP contribution in [0.5, 0.6) is 0 Å². The molecule has 0 aliphatic heterocycles. The minimum atomic E-state index is -1.07. The van der Waals surface area contributed by atoms with E-state index in [9.17, 15) is 19.5 Å². The van der Waals surface area contributed by atoms with E-state index in [2.05, 4.69) is 6.92 Å². The van der Waals surface area contributed by atoms with E-state index in [0.29, 0.717) is 43.4 Å². The first kappa shape index (κ1) is 37.4. The maximum Gasteiger partial charge on any atom is 0.303 e. The predicted molar refractivity (Wildman–Crippen MR) is 156 cm³/mol. The van der Waals surface area contributed by atoms with Gasteiger partial charge in [-0.3, -0.25) is 9.59 Å². The lowest BCUT2D eigenvalue weighted by Crippen LogP contribution is -2.51. The lowest BCUT2D eigenvalue weighted by molar-refractivity contribution is -0.929. The molecule has 0 bridgehead atoms. The van der Waals surface area contributed by atoms with E-state index in [-0.39, 0.29) is 19.3 Å². The van der Waals surface area contributed by atoms with Gasteiger partial charge in [0, 0.05) is 25.2 Å². The van der Waals surface area contributed by atoms with Crippen LogP contribution in [-0.4, -0.2) is 58.8 Å². The number of rotatable bonds is 31. The van der Waals surface area contributed by atoms with Crippen LogP contribution in [0.2, 0.25) is 0 Å². The molecule has 0 spiro atoms. The van der Waals surface area contributed by atoms with Crippen LogP contribution in [0.25, 0.3) is 0 Å². The van der Waals surface area contributed by atoms with E-state index in [1.807, 2.05) is 0 Å². The fraction of sp³-hybridized carbons (Fsp3) is 0.906. The molecule has 0 aromatic heterocycles. The number of hydrogen-bond donors (Lipinski definition) is 2. The highest BCUT2D eigenvalue weighted by Gasteiger charge is 2.26. The number of unbranched alkanes of at least 4 members (excludes halogenated alkanes) is 17. The number of carboxylic acids is 3. The molecule has 0 atom stereocenters. The van der Waals surface area contributed by atoms with Gasteiger partial charge < -0.3 is 24.6 Å². The van der Waals surface area contributed by atoms with E-state index in [4.69, 9.17) is 10.2 Å². The molecule has 0 fully saturated rings. The number of carbonyl (C=O) groups excluding carboxylic acids is 1. The van der Waals surface area contributed by atoms with Gasteiger partial charge in [0.15, 0.2) is 0 Å². The first-order valence-corrected chi connectivity index (χ1v) is 16.3. The van der Waals surface area contributed by atoms with Gasteiger partial charge in [0.05, 0.1) is 39.0 Å². The minimum Gasteiger partial charge on any atom is -0.550 e. The molecular weight excluding hydrogens is 494 g/mol. The molecule has 0 aliphatic carbocycles. The van der Waals surface area contributed by atoms with Crippen molar-refractivity contribution in [2.24, 2.45) is 0 Å². The van der Waals surface area contributed by atoms with Crippen molar-refractivity contribution in [3.63, 3.8) is 0 Å². The van der Waals surface area contributed by atoms with Crippen molar-refractivity contribution in [1.29, 1.82) is 0 Å². The van der Waals surface area contributed by atoms with Crippen molar-refractivity contribution >= 4 is 17.9 Å². The summed E-state index contributed by atoms with van der Waals surface area (Å²) in [5.41, 5.74) is 0. The van der Waals surface area contributed by atoms with Crippen molar-refractivity contribution < 1.29 is 34.2 Å². The van der Waals surface area contributed by atoms with Crippen LogP contribution in [0.4, 0.5) is 0 Å². The van der Waals surface area contributed by atoms with Gasteiger partial charge in [-0.15, -0.1) is 0 Å². The highest BCUT2D eigenvalue weighted by Crippen LogP contribution is 2.19. The fourth-order valence-electron chi connectivity index (χ4n) is 5.71. The number of nitrogens with zero attached hydrogens (tertiary/aromatic N) is 1. The predicted octanol–water partition coefficient (Wildman–Crippen LogP) is 7.10. The summed E-state index contributed by atoms with van der Waals surface area (Å²) < 4.78 is 0.618. The maximum atomic E-state index is 11.1. The summed E-state index contributed by atoms with van der Waals surface area (Å²) >= 11 is 0. The first-order chi connectivity index (χ1) is 18.8. The Kier molecular flexibility index (Phi) is 25.5. The lowest BCUT2D eigenvalue weighted by atomic mass is 10.0. The number of carboxylic acid groups (broad SMARTS) is 3. The monoisotopic (exact) mass is 555 g/mol. The van der Waals surface area contributed by atoms with Crippen LogP contribution in [0.3, 0.4) is 0 Å². The molecule has 0 saturated heterocycles. The molecule has 0 aliphatic rings. The van der Waals surface area contributed by atoms with Gasteiger partial charge in [-0.05, 0) is 19.3 Å². The SMILES string of the molecule is CCCCCCCCCCCCCCCCCCCC[N+](CCCC(=O)[O-])(CCCC(=O)O)CCCC(=O)O. The molecule has 0 aromatic rings. The zero-order valence-corrected chi connectivity index (χ0v) is 25.3. The third kappa shape index (κ3) is 26.4. The zero-order valence-electron chi connectivity index (χ0n) is 25.3. The third-order valence-corrected chi connectivity index (χ3v) is 8.05. The van der Waals surface area contributed by atoms with E-state index in [0.717, 1.165) is 19.4 Å². The van der Waals surface area contributed by atoms with Crippen molar-refractivity contribution in [3.05, 3.63) is 0 Å². The average Bonchev–Trinajstić information content (AvgIpc) is 2.87. The van der Waals surface area contributed by atoms with Gasteiger partial charge in [-0.2, -0.15) is 0 Å². The van der Waals surface area contributed by atoms with Crippen LogP contribution in [-0.2, 0) is 14.4 Å². The molecule has 0 amide bonds. The number of aliphatic carboxylic acids is 3. The molecule has 7 nitrogen and oxygen atoms in total. The largest absolute Gasteiger partial charge is 0.550 e. The Morgan fingerprint density at radius 1 is 0.462 bits per heavy atom. The third-order valence-electron chi connectivity index (χ3n) is 8.05. The Morgan fingerprint density at radius 3 is 1.05 bits per heavy atom. The topological polar surface area (TPSA) is 115 Å². The second kappa shape index (κ2) is 26.6. The summed E-state index contributed by atoms with van der Waals surface area (Å²) in [5.74, 6) is -2.74. The normalized spacial score (nSPS) is 11.6. The van der Waals surface area contributed by atoms with E-state index in [1.54, 1.807) is 0 Å². The lowest BCUT2D eigenvalue weighted by Gasteiger charge is -2.39. The Balaban J connectivity index is 4.12. The summed E-state index contributed by atoms with van der Waals surface area (Å²) in [7, 11) is 0. The van der Waals surface area contributed by atoms with Crippen LogP contribution in [0.1, 0.15) is 161 Å².